The van der Waals surface area contributed by atoms with Crippen LogP contribution in [-0.2, 0) is 12.4 Å². The van der Waals surface area contributed by atoms with Gasteiger partial charge in [0.1, 0.15) is 0 Å². The molecule has 2 rings (SSSR count). The molecule has 0 unspecified atom stereocenters. The molecular weight excluding hydrogens is 258 g/mol. The molecule has 0 radical (unpaired) electrons. The van der Waals surface area contributed by atoms with E-state index in [1.165, 1.54) is 4.80 Å². The molecule has 0 aliphatic heterocycles. The second-order valence-electron chi connectivity index (χ2n) is 3.90. The Balaban J connectivity index is 2.35. The molecule has 8 heteroatoms. The molecule has 0 aliphatic carbocycles. The molecule has 0 aromatic carbocycles. The molecular formula is C10H14ClN5O2. The molecule has 0 aliphatic rings. The van der Waals surface area contributed by atoms with Crippen molar-refractivity contribution in [3.05, 3.63) is 5.56 Å². The molecule has 18 heavy (non-hydrogen) atoms. The fourth-order valence-corrected chi connectivity index (χ4v) is 1.61. The van der Waals surface area contributed by atoms with Crippen LogP contribution in [0.4, 0.5) is 0 Å². The molecule has 98 valence electrons. The molecule has 0 N–H and O–H groups in total. The topological polar surface area (TPSA) is 78.9 Å². The number of tetrazole rings is 1. The summed E-state index contributed by atoms with van der Waals surface area (Å²) in [6.45, 7) is 6.35. The SMILES string of the molecule is CCn1nnc(-c2onc(OC(C)C)c2CCl)n1. The van der Waals surface area contributed by atoms with Gasteiger partial charge in [0.05, 0.1) is 24.1 Å². The molecule has 2 heterocycles. The molecule has 0 amide bonds. The van der Waals surface area contributed by atoms with Crippen LogP contribution in [-0.4, -0.2) is 31.5 Å². The minimum atomic E-state index is -0.01000. The Kier molecular flexibility index (Phi) is 3.81. The van der Waals surface area contributed by atoms with Crippen molar-refractivity contribution in [1.82, 2.24) is 25.4 Å². The van der Waals surface area contributed by atoms with E-state index in [9.17, 15) is 0 Å². The number of halogens is 1. The first-order chi connectivity index (χ1) is 8.65. The Morgan fingerprint density at radius 1 is 1.44 bits per heavy atom. The van der Waals surface area contributed by atoms with Crippen molar-refractivity contribution in [1.29, 1.82) is 0 Å². The summed E-state index contributed by atoms with van der Waals surface area (Å²) in [6, 6.07) is 0. The van der Waals surface area contributed by atoms with Gasteiger partial charge in [-0.3, -0.25) is 0 Å². The maximum absolute atomic E-state index is 5.89. The zero-order valence-corrected chi connectivity index (χ0v) is 11.2. The monoisotopic (exact) mass is 271 g/mol. The molecule has 0 fully saturated rings. The minimum Gasteiger partial charge on any atom is -0.473 e. The van der Waals surface area contributed by atoms with E-state index < -0.39 is 0 Å². The Labute approximate surface area is 109 Å². The van der Waals surface area contributed by atoms with Gasteiger partial charge in [-0.2, -0.15) is 4.80 Å². The molecule has 0 saturated heterocycles. The lowest BCUT2D eigenvalue weighted by Gasteiger charge is -2.06. The number of ether oxygens (including phenoxy) is 1. The summed E-state index contributed by atoms with van der Waals surface area (Å²) in [5.41, 5.74) is 0.640. The second kappa shape index (κ2) is 5.34. The fraction of sp³-hybridized carbons (Fsp3) is 0.600. The van der Waals surface area contributed by atoms with Crippen molar-refractivity contribution in [3.8, 4) is 17.5 Å². The quantitative estimate of drug-likeness (QED) is 0.773. The summed E-state index contributed by atoms with van der Waals surface area (Å²) in [6.07, 6.45) is -0.01000. The van der Waals surface area contributed by atoms with E-state index in [1.807, 2.05) is 20.8 Å². The molecule has 0 saturated carbocycles. The lowest BCUT2D eigenvalue weighted by atomic mass is 10.2. The first kappa shape index (κ1) is 12.8. The van der Waals surface area contributed by atoms with Crippen molar-refractivity contribution in [2.24, 2.45) is 0 Å². The van der Waals surface area contributed by atoms with Gasteiger partial charge < -0.3 is 9.26 Å². The van der Waals surface area contributed by atoms with Gasteiger partial charge in [0.15, 0.2) is 0 Å². The maximum atomic E-state index is 5.89. The summed E-state index contributed by atoms with van der Waals surface area (Å²) < 4.78 is 10.7. The molecule has 2 aromatic heterocycles. The van der Waals surface area contributed by atoms with Crippen LogP contribution < -0.4 is 4.74 Å². The van der Waals surface area contributed by atoms with E-state index in [-0.39, 0.29) is 12.0 Å². The number of hydrogen-bond acceptors (Lipinski definition) is 6. The Morgan fingerprint density at radius 2 is 2.22 bits per heavy atom. The zero-order valence-electron chi connectivity index (χ0n) is 10.4. The minimum absolute atomic E-state index is 0.01000. The average molecular weight is 272 g/mol. The van der Waals surface area contributed by atoms with Crippen LogP contribution in [0.5, 0.6) is 5.88 Å². The lowest BCUT2D eigenvalue weighted by molar-refractivity contribution is 0.217. The first-order valence-electron chi connectivity index (χ1n) is 5.65. The predicted molar refractivity (Wildman–Crippen MR) is 64.3 cm³/mol. The highest BCUT2D eigenvalue weighted by Crippen LogP contribution is 2.30. The van der Waals surface area contributed by atoms with Crippen LogP contribution in [0, 0.1) is 0 Å². The van der Waals surface area contributed by atoms with Crippen molar-refractivity contribution >= 4 is 11.6 Å². The van der Waals surface area contributed by atoms with E-state index in [1.54, 1.807) is 0 Å². The van der Waals surface area contributed by atoms with Gasteiger partial charge in [-0.1, -0.05) is 0 Å². The van der Waals surface area contributed by atoms with Gasteiger partial charge in [0.25, 0.3) is 5.88 Å². The highest BCUT2D eigenvalue weighted by molar-refractivity contribution is 6.17. The average Bonchev–Trinajstić information content (AvgIpc) is 2.93. The third-order valence-electron chi connectivity index (χ3n) is 2.17. The predicted octanol–water partition coefficient (Wildman–Crippen LogP) is 1.87. The molecule has 0 spiro atoms. The van der Waals surface area contributed by atoms with E-state index in [0.717, 1.165) is 0 Å². The Morgan fingerprint density at radius 3 is 2.78 bits per heavy atom. The van der Waals surface area contributed by atoms with Crippen LogP contribution in [0.2, 0.25) is 0 Å². The third-order valence-corrected chi connectivity index (χ3v) is 2.44. The summed E-state index contributed by atoms with van der Waals surface area (Å²) in [7, 11) is 0. The number of aryl methyl sites for hydroxylation is 1. The highest BCUT2D eigenvalue weighted by atomic mass is 35.5. The van der Waals surface area contributed by atoms with Crippen molar-refractivity contribution in [2.45, 2.75) is 39.3 Å². The van der Waals surface area contributed by atoms with Crippen molar-refractivity contribution < 1.29 is 9.26 Å². The Hall–Kier alpha value is -1.63. The van der Waals surface area contributed by atoms with Crippen LogP contribution in [0.25, 0.3) is 11.6 Å². The van der Waals surface area contributed by atoms with Gasteiger partial charge in [-0.25, -0.2) is 0 Å². The fourth-order valence-electron chi connectivity index (χ4n) is 1.37. The number of alkyl halides is 1. The second-order valence-corrected chi connectivity index (χ2v) is 4.16. The smallest absolute Gasteiger partial charge is 0.259 e. The lowest BCUT2D eigenvalue weighted by Crippen LogP contribution is -2.07. The molecule has 2 aromatic rings. The molecule has 0 bridgehead atoms. The van der Waals surface area contributed by atoms with Crippen LogP contribution in [0.3, 0.4) is 0 Å². The number of hydrogen-bond donors (Lipinski definition) is 0. The summed E-state index contributed by atoms with van der Waals surface area (Å²) in [5, 5.41) is 15.7. The van der Waals surface area contributed by atoms with Crippen LogP contribution >= 0.6 is 11.6 Å². The van der Waals surface area contributed by atoms with E-state index in [0.29, 0.717) is 29.6 Å². The van der Waals surface area contributed by atoms with E-state index in [4.69, 9.17) is 20.9 Å². The van der Waals surface area contributed by atoms with Crippen LogP contribution in [0.15, 0.2) is 4.52 Å². The van der Waals surface area contributed by atoms with E-state index >= 15 is 0 Å². The number of aromatic nitrogens is 5. The number of rotatable bonds is 5. The summed E-state index contributed by atoms with van der Waals surface area (Å²) in [4.78, 5) is 1.46. The largest absolute Gasteiger partial charge is 0.473 e. The van der Waals surface area contributed by atoms with Gasteiger partial charge >= 0.3 is 0 Å². The van der Waals surface area contributed by atoms with Gasteiger partial charge in [-0.05, 0) is 31.1 Å². The molecule has 0 atom stereocenters. The highest BCUT2D eigenvalue weighted by Gasteiger charge is 2.22. The standard InChI is InChI=1S/C10H14ClN5O2/c1-4-16-13-9(12-15-16)8-7(5-11)10(14-18-8)17-6(2)3/h6H,4-5H2,1-3H3. The zero-order chi connectivity index (χ0) is 13.1. The number of nitrogens with zero attached hydrogens (tertiary/aromatic N) is 5. The first-order valence-corrected chi connectivity index (χ1v) is 6.18. The third kappa shape index (κ3) is 2.45. The van der Waals surface area contributed by atoms with Crippen molar-refractivity contribution in [2.75, 3.05) is 0 Å². The van der Waals surface area contributed by atoms with Gasteiger partial charge in [-0.15, -0.1) is 21.8 Å². The van der Waals surface area contributed by atoms with Gasteiger partial charge in [0, 0.05) is 0 Å². The summed E-state index contributed by atoms with van der Waals surface area (Å²) in [5.74, 6) is 1.35. The van der Waals surface area contributed by atoms with Gasteiger partial charge in [0.2, 0.25) is 11.6 Å². The van der Waals surface area contributed by atoms with Crippen molar-refractivity contribution in [3.63, 3.8) is 0 Å². The summed E-state index contributed by atoms with van der Waals surface area (Å²) >= 11 is 5.89. The van der Waals surface area contributed by atoms with Crippen LogP contribution in [0.1, 0.15) is 26.3 Å². The Bertz CT molecular complexity index is 522. The normalized spacial score (nSPS) is 11.2. The maximum Gasteiger partial charge on any atom is 0.259 e. The molecule has 7 nitrogen and oxygen atoms in total. The van der Waals surface area contributed by atoms with E-state index in [2.05, 4.69) is 20.6 Å².